The number of piperidine rings is 1. The maximum Gasteiger partial charge on any atom is 0.305 e. The van der Waals surface area contributed by atoms with E-state index in [2.05, 4.69) is 5.32 Å². The van der Waals surface area contributed by atoms with Gasteiger partial charge in [-0.2, -0.15) is 0 Å². The molecule has 0 aromatic heterocycles. The number of rotatable bonds is 7. The summed E-state index contributed by atoms with van der Waals surface area (Å²) in [4.78, 5) is 24.4. The first-order valence-corrected chi connectivity index (χ1v) is 7.22. The zero-order valence-electron chi connectivity index (χ0n) is 12.0. The van der Waals surface area contributed by atoms with Gasteiger partial charge < -0.3 is 15.3 Å². The monoisotopic (exact) mass is 270 g/mol. The molecule has 1 heterocycles. The van der Waals surface area contributed by atoms with Crippen molar-refractivity contribution in [2.24, 2.45) is 5.92 Å². The minimum absolute atomic E-state index is 0.0227. The van der Waals surface area contributed by atoms with Gasteiger partial charge >= 0.3 is 5.97 Å². The Morgan fingerprint density at radius 3 is 2.63 bits per heavy atom. The standard InChI is InChI=1S/C14H26N2O3/c1-11(2)16(9-7-14(18)19)13(17)6-5-12-4-3-8-15-10-12/h11-12,15H,3-10H2,1-2H3,(H,18,19). The van der Waals surface area contributed by atoms with Crippen molar-refractivity contribution in [3.05, 3.63) is 0 Å². The lowest BCUT2D eigenvalue weighted by molar-refractivity contribution is -0.139. The molecule has 1 aliphatic heterocycles. The third kappa shape index (κ3) is 6.05. The van der Waals surface area contributed by atoms with Crippen LogP contribution in [0.3, 0.4) is 0 Å². The van der Waals surface area contributed by atoms with E-state index < -0.39 is 5.97 Å². The second-order valence-electron chi connectivity index (χ2n) is 5.58. The van der Waals surface area contributed by atoms with Gasteiger partial charge in [-0.15, -0.1) is 0 Å². The highest BCUT2D eigenvalue weighted by Gasteiger charge is 2.20. The number of carbonyl (C=O) groups excluding carboxylic acids is 1. The molecule has 1 saturated heterocycles. The van der Waals surface area contributed by atoms with E-state index in [9.17, 15) is 9.59 Å². The van der Waals surface area contributed by atoms with Crippen molar-refractivity contribution in [1.29, 1.82) is 0 Å². The minimum Gasteiger partial charge on any atom is -0.481 e. The maximum atomic E-state index is 12.2. The first kappa shape index (κ1) is 16.0. The van der Waals surface area contributed by atoms with Crippen molar-refractivity contribution in [3.63, 3.8) is 0 Å². The Morgan fingerprint density at radius 1 is 1.37 bits per heavy atom. The Labute approximate surface area is 115 Å². The second-order valence-corrected chi connectivity index (χ2v) is 5.58. The molecule has 0 saturated carbocycles. The number of hydrogen-bond donors (Lipinski definition) is 2. The van der Waals surface area contributed by atoms with Gasteiger partial charge in [0.05, 0.1) is 6.42 Å². The Hall–Kier alpha value is -1.10. The summed E-state index contributed by atoms with van der Waals surface area (Å²) in [5, 5.41) is 12.1. The number of hydrogen-bond acceptors (Lipinski definition) is 3. The molecule has 0 aromatic carbocycles. The number of aliphatic carboxylic acids is 1. The van der Waals surface area contributed by atoms with Crippen LogP contribution in [0.2, 0.25) is 0 Å². The van der Waals surface area contributed by atoms with E-state index in [1.807, 2.05) is 13.8 Å². The Balaban J connectivity index is 2.36. The molecule has 1 aliphatic rings. The van der Waals surface area contributed by atoms with Crippen molar-refractivity contribution in [2.75, 3.05) is 19.6 Å². The fourth-order valence-electron chi connectivity index (χ4n) is 2.53. The Morgan fingerprint density at radius 2 is 2.11 bits per heavy atom. The number of carboxylic acid groups (broad SMARTS) is 1. The lowest BCUT2D eigenvalue weighted by Gasteiger charge is -2.28. The fraction of sp³-hybridized carbons (Fsp3) is 0.857. The summed E-state index contributed by atoms with van der Waals surface area (Å²) in [5.74, 6) is -0.178. The topological polar surface area (TPSA) is 69.6 Å². The van der Waals surface area contributed by atoms with E-state index in [1.165, 1.54) is 12.8 Å². The van der Waals surface area contributed by atoms with E-state index in [0.29, 0.717) is 18.9 Å². The zero-order chi connectivity index (χ0) is 14.3. The highest BCUT2D eigenvalue weighted by Crippen LogP contribution is 2.17. The third-order valence-corrected chi connectivity index (χ3v) is 3.68. The third-order valence-electron chi connectivity index (χ3n) is 3.68. The molecular weight excluding hydrogens is 244 g/mol. The van der Waals surface area contributed by atoms with Gasteiger partial charge in [-0.3, -0.25) is 9.59 Å². The smallest absolute Gasteiger partial charge is 0.305 e. The van der Waals surface area contributed by atoms with Crippen LogP contribution in [0.25, 0.3) is 0 Å². The van der Waals surface area contributed by atoms with Gasteiger partial charge in [0.2, 0.25) is 5.91 Å². The molecule has 0 bridgehead atoms. The summed E-state index contributed by atoms with van der Waals surface area (Å²) in [7, 11) is 0. The van der Waals surface area contributed by atoms with Gasteiger partial charge in [-0.25, -0.2) is 0 Å². The molecule has 1 rings (SSSR count). The predicted octanol–water partition coefficient (Wildman–Crippen LogP) is 1.48. The van der Waals surface area contributed by atoms with Crippen molar-refractivity contribution in [3.8, 4) is 0 Å². The summed E-state index contributed by atoms with van der Waals surface area (Å²) in [6, 6.07) is 0.0660. The molecule has 0 spiro atoms. The van der Waals surface area contributed by atoms with Crippen LogP contribution in [0.4, 0.5) is 0 Å². The summed E-state index contributed by atoms with van der Waals surface area (Å²) >= 11 is 0. The average molecular weight is 270 g/mol. The largest absolute Gasteiger partial charge is 0.481 e. The van der Waals surface area contributed by atoms with Crippen LogP contribution in [-0.2, 0) is 9.59 Å². The molecule has 19 heavy (non-hydrogen) atoms. The van der Waals surface area contributed by atoms with Gasteiger partial charge in [-0.05, 0) is 52.1 Å². The van der Waals surface area contributed by atoms with Gasteiger partial charge in [0.15, 0.2) is 0 Å². The minimum atomic E-state index is -0.852. The van der Waals surface area contributed by atoms with Gasteiger partial charge in [0.25, 0.3) is 0 Å². The Kier molecular flexibility index (Phi) is 6.84. The summed E-state index contributed by atoms with van der Waals surface area (Å²) in [5.41, 5.74) is 0. The fourth-order valence-corrected chi connectivity index (χ4v) is 2.53. The van der Waals surface area contributed by atoms with Crippen molar-refractivity contribution < 1.29 is 14.7 Å². The number of amides is 1. The normalized spacial score (nSPS) is 19.4. The quantitative estimate of drug-likeness (QED) is 0.735. The average Bonchev–Trinajstić information content (AvgIpc) is 2.37. The molecule has 0 aromatic rings. The zero-order valence-corrected chi connectivity index (χ0v) is 12.0. The molecule has 110 valence electrons. The van der Waals surface area contributed by atoms with Crippen LogP contribution >= 0.6 is 0 Å². The van der Waals surface area contributed by atoms with E-state index >= 15 is 0 Å². The van der Waals surface area contributed by atoms with Crippen LogP contribution < -0.4 is 5.32 Å². The molecule has 1 atom stereocenters. The van der Waals surface area contributed by atoms with Gasteiger partial charge in [0.1, 0.15) is 0 Å². The molecule has 2 N–H and O–H groups in total. The first-order chi connectivity index (χ1) is 9.00. The summed E-state index contributed by atoms with van der Waals surface area (Å²) in [6.45, 7) is 6.27. The molecule has 5 nitrogen and oxygen atoms in total. The van der Waals surface area contributed by atoms with Crippen molar-refractivity contribution in [1.82, 2.24) is 10.2 Å². The first-order valence-electron chi connectivity index (χ1n) is 7.22. The number of nitrogens with zero attached hydrogens (tertiary/aromatic N) is 1. The Bertz CT molecular complexity index is 299. The molecule has 1 amide bonds. The van der Waals surface area contributed by atoms with Crippen LogP contribution in [0.1, 0.15) is 46.0 Å². The number of nitrogens with one attached hydrogen (secondary N) is 1. The molecule has 5 heteroatoms. The predicted molar refractivity (Wildman–Crippen MR) is 73.9 cm³/mol. The molecule has 0 radical (unpaired) electrons. The molecule has 0 aliphatic carbocycles. The van der Waals surface area contributed by atoms with Crippen molar-refractivity contribution in [2.45, 2.75) is 52.0 Å². The molecule has 1 unspecified atom stereocenters. The molecular formula is C14H26N2O3. The van der Waals surface area contributed by atoms with Crippen molar-refractivity contribution >= 4 is 11.9 Å². The lowest BCUT2D eigenvalue weighted by atomic mass is 9.94. The van der Waals surface area contributed by atoms with Crippen LogP contribution in [0, 0.1) is 5.92 Å². The van der Waals surface area contributed by atoms with E-state index in [0.717, 1.165) is 19.5 Å². The van der Waals surface area contributed by atoms with Gasteiger partial charge in [-0.1, -0.05) is 0 Å². The summed E-state index contributed by atoms with van der Waals surface area (Å²) < 4.78 is 0. The lowest BCUT2D eigenvalue weighted by Crippen LogP contribution is -2.39. The van der Waals surface area contributed by atoms with Crippen LogP contribution in [-0.4, -0.2) is 47.6 Å². The highest BCUT2D eigenvalue weighted by atomic mass is 16.4. The van der Waals surface area contributed by atoms with E-state index in [1.54, 1.807) is 4.90 Å². The molecule has 1 fully saturated rings. The second kappa shape index (κ2) is 8.15. The van der Waals surface area contributed by atoms with E-state index in [-0.39, 0.29) is 18.4 Å². The van der Waals surface area contributed by atoms with Crippen LogP contribution in [0.5, 0.6) is 0 Å². The van der Waals surface area contributed by atoms with Gasteiger partial charge in [0, 0.05) is 19.0 Å². The maximum absolute atomic E-state index is 12.2. The number of carboxylic acids is 1. The number of carbonyl (C=O) groups is 2. The summed E-state index contributed by atoms with van der Waals surface area (Å²) in [6.07, 6.45) is 3.84. The van der Waals surface area contributed by atoms with Crippen LogP contribution in [0.15, 0.2) is 0 Å². The van der Waals surface area contributed by atoms with E-state index in [4.69, 9.17) is 5.11 Å². The SMILES string of the molecule is CC(C)N(CCC(=O)O)C(=O)CCC1CCCNC1. The highest BCUT2D eigenvalue weighted by molar-refractivity contribution is 5.77.